The summed E-state index contributed by atoms with van der Waals surface area (Å²) in [5.41, 5.74) is 6.63. The molecule has 0 spiro atoms. The number of aliphatic hydroxyl groups excluding tert-OH is 1. The Labute approximate surface area is 154 Å². The number of nitrogens with two attached hydrogens (primary N) is 1. The third kappa shape index (κ3) is 4.94. The third-order valence-corrected chi connectivity index (χ3v) is 4.32. The van der Waals surface area contributed by atoms with Gasteiger partial charge in [0.25, 0.3) is 0 Å². The van der Waals surface area contributed by atoms with Gasteiger partial charge < -0.3 is 26.6 Å². The molecule has 0 radical (unpaired) electrons. The number of aromatic nitrogens is 2. The Hall–Kier alpha value is -3.14. The van der Waals surface area contributed by atoms with E-state index in [-0.39, 0.29) is 29.5 Å². The first-order valence-electron chi connectivity index (χ1n) is 8.54. The molecule has 1 heterocycles. The zero-order chi connectivity index (χ0) is 19.4. The molecule has 1 aromatic heterocycles. The second-order valence-corrected chi connectivity index (χ2v) is 6.39. The van der Waals surface area contributed by atoms with Crippen LogP contribution in [0.5, 0.6) is 0 Å². The number of amides is 1. The van der Waals surface area contributed by atoms with Gasteiger partial charge in [-0.25, -0.2) is 14.2 Å². The van der Waals surface area contributed by atoms with Crippen molar-refractivity contribution in [2.75, 3.05) is 21.7 Å². The molecular formula is C17H21FN6O3. The SMILES string of the molecule is Nc1cnc(Nc2cc(F)ccc2NC(=O)O)nc1NC1CCC(O)CC1. The molecule has 27 heavy (non-hydrogen) atoms. The highest BCUT2D eigenvalue weighted by molar-refractivity contribution is 5.89. The minimum Gasteiger partial charge on any atom is -0.465 e. The minimum atomic E-state index is -1.27. The average Bonchev–Trinajstić information content (AvgIpc) is 2.62. The zero-order valence-corrected chi connectivity index (χ0v) is 14.4. The van der Waals surface area contributed by atoms with Crippen LogP contribution in [-0.2, 0) is 0 Å². The maximum absolute atomic E-state index is 13.6. The number of aliphatic hydroxyl groups is 1. The van der Waals surface area contributed by atoms with Gasteiger partial charge in [-0.3, -0.25) is 5.32 Å². The largest absolute Gasteiger partial charge is 0.465 e. The molecule has 1 saturated carbocycles. The van der Waals surface area contributed by atoms with Gasteiger partial charge in [0, 0.05) is 6.04 Å². The van der Waals surface area contributed by atoms with Crippen LogP contribution in [0.25, 0.3) is 0 Å². The van der Waals surface area contributed by atoms with Crippen LogP contribution in [0.3, 0.4) is 0 Å². The maximum atomic E-state index is 13.6. The Morgan fingerprint density at radius 3 is 2.67 bits per heavy atom. The lowest BCUT2D eigenvalue weighted by Gasteiger charge is -2.27. The van der Waals surface area contributed by atoms with E-state index in [0.717, 1.165) is 25.0 Å². The Kier molecular flexibility index (Phi) is 5.55. The summed E-state index contributed by atoms with van der Waals surface area (Å²) in [5, 5.41) is 26.7. The highest BCUT2D eigenvalue weighted by Gasteiger charge is 2.20. The Balaban J connectivity index is 1.78. The fourth-order valence-electron chi connectivity index (χ4n) is 2.95. The van der Waals surface area contributed by atoms with Crippen LogP contribution in [0.1, 0.15) is 25.7 Å². The Bertz CT molecular complexity index is 826. The molecular weight excluding hydrogens is 355 g/mol. The summed E-state index contributed by atoms with van der Waals surface area (Å²) in [6.45, 7) is 0. The normalized spacial score (nSPS) is 19.3. The van der Waals surface area contributed by atoms with Crippen molar-refractivity contribution in [1.82, 2.24) is 9.97 Å². The summed E-state index contributed by atoms with van der Waals surface area (Å²) in [4.78, 5) is 19.3. The smallest absolute Gasteiger partial charge is 0.409 e. The molecule has 1 aliphatic carbocycles. The number of nitrogens with zero attached hydrogens (tertiary/aromatic N) is 2. The van der Waals surface area contributed by atoms with Crippen LogP contribution in [-0.4, -0.2) is 38.4 Å². The number of nitrogens with one attached hydrogen (secondary N) is 3. The molecule has 2 aromatic rings. The lowest BCUT2D eigenvalue weighted by Crippen LogP contribution is -2.29. The average molecular weight is 376 g/mol. The van der Waals surface area contributed by atoms with E-state index >= 15 is 0 Å². The lowest BCUT2D eigenvalue weighted by molar-refractivity contribution is 0.126. The summed E-state index contributed by atoms with van der Waals surface area (Å²) < 4.78 is 13.6. The quantitative estimate of drug-likeness (QED) is 0.467. The number of halogens is 1. The summed E-state index contributed by atoms with van der Waals surface area (Å²) in [6.07, 6.45) is 2.89. The van der Waals surface area contributed by atoms with E-state index in [1.807, 2.05) is 0 Å². The number of benzene rings is 1. The van der Waals surface area contributed by atoms with Gasteiger partial charge in [-0.05, 0) is 43.9 Å². The topological polar surface area (TPSA) is 145 Å². The molecule has 0 aliphatic heterocycles. The third-order valence-electron chi connectivity index (χ3n) is 4.32. The van der Waals surface area contributed by atoms with Crippen molar-refractivity contribution in [3.8, 4) is 0 Å². The van der Waals surface area contributed by atoms with Crippen LogP contribution < -0.4 is 21.7 Å². The van der Waals surface area contributed by atoms with Gasteiger partial charge in [-0.15, -0.1) is 0 Å². The molecule has 0 atom stereocenters. The second-order valence-electron chi connectivity index (χ2n) is 6.39. The predicted octanol–water partition coefficient (Wildman–Crippen LogP) is 2.75. The van der Waals surface area contributed by atoms with Crippen LogP contribution >= 0.6 is 0 Å². The van der Waals surface area contributed by atoms with Crippen molar-refractivity contribution >= 4 is 34.9 Å². The monoisotopic (exact) mass is 376 g/mol. The van der Waals surface area contributed by atoms with E-state index in [1.54, 1.807) is 0 Å². The molecule has 0 saturated heterocycles. The predicted molar refractivity (Wildman–Crippen MR) is 99.7 cm³/mol. The van der Waals surface area contributed by atoms with E-state index in [2.05, 4.69) is 25.9 Å². The molecule has 9 nitrogen and oxygen atoms in total. The van der Waals surface area contributed by atoms with E-state index in [9.17, 15) is 14.3 Å². The first kappa shape index (κ1) is 18.6. The standard InChI is InChI=1S/C17H21FN6O3/c18-9-1-6-13(23-17(26)27)14(7-9)22-16-20-8-12(19)15(24-16)21-10-2-4-11(25)5-3-10/h1,6-8,10-11,23,25H,2-5,19H2,(H,26,27)(H2,20,21,22,24). The Morgan fingerprint density at radius 1 is 1.22 bits per heavy atom. The van der Waals surface area contributed by atoms with Gasteiger partial charge in [-0.2, -0.15) is 4.98 Å². The molecule has 7 N–H and O–H groups in total. The molecule has 1 aromatic carbocycles. The fourth-order valence-corrected chi connectivity index (χ4v) is 2.95. The number of hydrogen-bond acceptors (Lipinski definition) is 7. The van der Waals surface area contributed by atoms with Gasteiger partial charge in [0.2, 0.25) is 5.95 Å². The van der Waals surface area contributed by atoms with Crippen LogP contribution in [0.4, 0.5) is 38.0 Å². The van der Waals surface area contributed by atoms with Crippen LogP contribution in [0, 0.1) is 5.82 Å². The summed E-state index contributed by atoms with van der Waals surface area (Å²) in [6, 6.07) is 3.72. The van der Waals surface area contributed by atoms with Gasteiger partial charge >= 0.3 is 6.09 Å². The van der Waals surface area contributed by atoms with Gasteiger partial charge in [0.05, 0.1) is 29.4 Å². The molecule has 3 rings (SSSR count). The van der Waals surface area contributed by atoms with E-state index in [4.69, 9.17) is 10.8 Å². The van der Waals surface area contributed by atoms with Gasteiger partial charge in [0.1, 0.15) is 5.82 Å². The van der Waals surface area contributed by atoms with E-state index < -0.39 is 11.9 Å². The van der Waals surface area contributed by atoms with E-state index in [1.165, 1.54) is 12.3 Å². The van der Waals surface area contributed by atoms with Gasteiger partial charge in [-0.1, -0.05) is 0 Å². The zero-order valence-electron chi connectivity index (χ0n) is 14.4. The van der Waals surface area contributed by atoms with E-state index in [0.29, 0.717) is 24.3 Å². The van der Waals surface area contributed by atoms with Crippen molar-refractivity contribution < 1.29 is 19.4 Å². The van der Waals surface area contributed by atoms with Gasteiger partial charge in [0.15, 0.2) is 5.82 Å². The molecule has 1 fully saturated rings. The number of hydrogen-bond donors (Lipinski definition) is 6. The maximum Gasteiger partial charge on any atom is 0.409 e. The highest BCUT2D eigenvalue weighted by Crippen LogP contribution is 2.28. The Morgan fingerprint density at radius 2 is 1.96 bits per heavy atom. The number of rotatable bonds is 5. The van der Waals surface area contributed by atoms with Crippen LogP contribution in [0.2, 0.25) is 0 Å². The van der Waals surface area contributed by atoms with Crippen molar-refractivity contribution in [3.05, 3.63) is 30.2 Å². The van der Waals surface area contributed by atoms with Crippen molar-refractivity contribution in [2.45, 2.75) is 37.8 Å². The first-order chi connectivity index (χ1) is 12.9. The van der Waals surface area contributed by atoms with Crippen LogP contribution in [0.15, 0.2) is 24.4 Å². The van der Waals surface area contributed by atoms with Crippen molar-refractivity contribution in [3.63, 3.8) is 0 Å². The molecule has 1 aliphatic rings. The number of nitrogen functional groups attached to an aromatic ring is 1. The molecule has 0 bridgehead atoms. The second kappa shape index (κ2) is 8.04. The summed E-state index contributed by atoms with van der Waals surface area (Å²) in [7, 11) is 0. The number of carbonyl (C=O) groups is 1. The first-order valence-corrected chi connectivity index (χ1v) is 8.54. The fraction of sp³-hybridized carbons (Fsp3) is 0.353. The number of carboxylic acid groups (broad SMARTS) is 1. The summed E-state index contributed by atoms with van der Waals surface area (Å²) in [5.74, 6) is 0.0302. The van der Waals surface area contributed by atoms with Crippen molar-refractivity contribution in [1.29, 1.82) is 0 Å². The molecule has 0 unspecified atom stereocenters. The molecule has 144 valence electrons. The summed E-state index contributed by atoms with van der Waals surface area (Å²) >= 11 is 0. The minimum absolute atomic E-state index is 0.136. The molecule has 10 heteroatoms. The van der Waals surface area contributed by atoms with Crippen molar-refractivity contribution in [2.24, 2.45) is 0 Å². The highest BCUT2D eigenvalue weighted by atomic mass is 19.1. The molecule has 1 amide bonds. The lowest BCUT2D eigenvalue weighted by atomic mass is 9.93. The number of anilines is 5.